The van der Waals surface area contributed by atoms with Crippen molar-refractivity contribution in [3.8, 4) is 0 Å². The van der Waals surface area contributed by atoms with E-state index in [2.05, 4.69) is 19.2 Å². The summed E-state index contributed by atoms with van der Waals surface area (Å²) in [5.74, 6) is -0.381. The molecule has 2 N–H and O–H groups in total. The molecule has 0 fully saturated rings. The van der Waals surface area contributed by atoms with E-state index in [-0.39, 0.29) is 12.6 Å². The number of aliphatic carboxylic acids is 1. The molecule has 0 unspecified atom stereocenters. The van der Waals surface area contributed by atoms with E-state index >= 15 is 0 Å². The van der Waals surface area contributed by atoms with Gasteiger partial charge < -0.3 is 15.3 Å². The van der Waals surface area contributed by atoms with Crippen molar-refractivity contribution >= 4 is 12.0 Å². The van der Waals surface area contributed by atoms with Crippen LogP contribution >= 0.6 is 0 Å². The van der Waals surface area contributed by atoms with Crippen molar-refractivity contribution in [2.45, 2.75) is 26.7 Å². The molecule has 2 amide bonds. The molecule has 0 spiro atoms. The summed E-state index contributed by atoms with van der Waals surface area (Å²) in [6.45, 7) is 4.58. The highest BCUT2D eigenvalue weighted by Crippen LogP contribution is 2.01. The molecule has 88 valence electrons. The van der Waals surface area contributed by atoms with Crippen LogP contribution in [0.25, 0.3) is 0 Å². The van der Waals surface area contributed by atoms with Gasteiger partial charge in [0, 0.05) is 13.6 Å². The van der Waals surface area contributed by atoms with Crippen LogP contribution in [0, 0.1) is 5.92 Å². The second kappa shape index (κ2) is 7.09. The SMILES string of the molecule is CC(C)CCCNC(=O)N(C)CC(=O)O. The second-order valence-corrected chi connectivity index (χ2v) is 4.02. The largest absolute Gasteiger partial charge is 0.480 e. The van der Waals surface area contributed by atoms with Crippen LogP contribution in [-0.2, 0) is 4.79 Å². The van der Waals surface area contributed by atoms with Gasteiger partial charge in [-0.05, 0) is 18.8 Å². The molecule has 15 heavy (non-hydrogen) atoms. The van der Waals surface area contributed by atoms with Gasteiger partial charge in [-0.2, -0.15) is 0 Å². The Balaban J connectivity index is 3.60. The fraction of sp³-hybridized carbons (Fsp3) is 0.800. The van der Waals surface area contributed by atoms with Crippen molar-refractivity contribution in [3.63, 3.8) is 0 Å². The van der Waals surface area contributed by atoms with Crippen molar-refractivity contribution < 1.29 is 14.7 Å². The third-order valence-electron chi connectivity index (χ3n) is 1.95. The molecular weight excluding hydrogens is 196 g/mol. The average Bonchev–Trinajstić information content (AvgIpc) is 2.10. The zero-order valence-electron chi connectivity index (χ0n) is 9.62. The number of carbonyl (C=O) groups is 2. The Morgan fingerprint density at radius 2 is 2.00 bits per heavy atom. The first-order valence-electron chi connectivity index (χ1n) is 5.14. The van der Waals surface area contributed by atoms with Gasteiger partial charge in [-0.1, -0.05) is 13.8 Å². The van der Waals surface area contributed by atoms with Gasteiger partial charge in [0.05, 0.1) is 0 Å². The van der Waals surface area contributed by atoms with Gasteiger partial charge in [-0.3, -0.25) is 4.79 Å². The minimum Gasteiger partial charge on any atom is -0.480 e. The Labute approximate surface area is 90.5 Å². The molecule has 0 saturated carbocycles. The topological polar surface area (TPSA) is 69.6 Å². The number of urea groups is 1. The van der Waals surface area contributed by atoms with Crippen molar-refractivity contribution in [2.24, 2.45) is 5.92 Å². The highest BCUT2D eigenvalue weighted by atomic mass is 16.4. The first kappa shape index (κ1) is 13.7. The summed E-state index contributed by atoms with van der Waals surface area (Å²) in [6, 6.07) is -0.332. The number of carboxylic acid groups (broad SMARTS) is 1. The predicted octanol–water partition coefficient (Wildman–Crippen LogP) is 1.15. The van der Waals surface area contributed by atoms with Crippen LogP contribution in [-0.4, -0.2) is 42.1 Å². The number of carboxylic acids is 1. The number of nitrogens with one attached hydrogen (secondary N) is 1. The van der Waals surface area contributed by atoms with Gasteiger partial charge in [0.1, 0.15) is 6.54 Å². The summed E-state index contributed by atoms with van der Waals surface area (Å²) < 4.78 is 0. The van der Waals surface area contributed by atoms with E-state index < -0.39 is 5.97 Å². The first-order valence-corrected chi connectivity index (χ1v) is 5.14. The molecule has 0 atom stereocenters. The van der Waals surface area contributed by atoms with E-state index in [9.17, 15) is 9.59 Å². The van der Waals surface area contributed by atoms with Crippen molar-refractivity contribution in [3.05, 3.63) is 0 Å². The average molecular weight is 216 g/mol. The summed E-state index contributed by atoms with van der Waals surface area (Å²) >= 11 is 0. The molecule has 5 nitrogen and oxygen atoms in total. The van der Waals surface area contributed by atoms with Gasteiger partial charge in [-0.25, -0.2) is 4.79 Å². The number of amides is 2. The number of hydrogen-bond acceptors (Lipinski definition) is 2. The van der Waals surface area contributed by atoms with E-state index in [4.69, 9.17) is 5.11 Å². The maximum Gasteiger partial charge on any atom is 0.323 e. The van der Waals surface area contributed by atoms with E-state index in [1.807, 2.05) is 0 Å². The van der Waals surface area contributed by atoms with Gasteiger partial charge in [0.2, 0.25) is 0 Å². The van der Waals surface area contributed by atoms with E-state index in [1.165, 1.54) is 7.05 Å². The molecule has 0 aliphatic heterocycles. The smallest absolute Gasteiger partial charge is 0.323 e. The van der Waals surface area contributed by atoms with E-state index in [1.54, 1.807) is 0 Å². The minimum absolute atomic E-state index is 0.268. The lowest BCUT2D eigenvalue weighted by atomic mass is 10.1. The zero-order valence-corrected chi connectivity index (χ0v) is 9.62. The molecule has 0 aromatic carbocycles. The quantitative estimate of drug-likeness (QED) is 0.654. The van der Waals surface area contributed by atoms with Gasteiger partial charge in [-0.15, -0.1) is 0 Å². The maximum atomic E-state index is 11.3. The van der Waals surface area contributed by atoms with Gasteiger partial charge in [0.25, 0.3) is 0 Å². The minimum atomic E-state index is -1.00. The van der Waals surface area contributed by atoms with Crippen LogP contribution in [0.15, 0.2) is 0 Å². The Hall–Kier alpha value is -1.26. The lowest BCUT2D eigenvalue weighted by Crippen LogP contribution is -2.40. The van der Waals surface area contributed by atoms with Crippen molar-refractivity contribution in [2.75, 3.05) is 20.1 Å². The molecule has 0 rings (SSSR count). The first-order chi connectivity index (χ1) is 6.93. The fourth-order valence-electron chi connectivity index (χ4n) is 1.12. The standard InChI is InChI=1S/C10H20N2O3/c1-8(2)5-4-6-11-10(15)12(3)7-9(13)14/h8H,4-7H2,1-3H3,(H,11,15)(H,13,14). The third kappa shape index (κ3) is 7.78. The Morgan fingerprint density at radius 1 is 1.40 bits per heavy atom. The summed E-state index contributed by atoms with van der Waals surface area (Å²) in [6.07, 6.45) is 1.98. The lowest BCUT2D eigenvalue weighted by Gasteiger charge is -2.15. The maximum absolute atomic E-state index is 11.3. The van der Waals surface area contributed by atoms with Crippen LogP contribution in [0.5, 0.6) is 0 Å². The van der Waals surface area contributed by atoms with Crippen LogP contribution < -0.4 is 5.32 Å². The summed E-state index contributed by atoms with van der Waals surface area (Å²) in [5.41, 5.74) is 0. The monoisotopic (exact) mass is 216 g/mol. The highest BCUT2D eigenvalue weighted by Gasteiger charge is 2.10. The summed E-state index contributed by atoms with van der Waals surface area (Å²) in [5, 5.41) is 11.1. The van der Waals surface area contributed by atoms with Crippen LogP contribution in [0.1, 0.15) is 26.7 Å². The Morgan fingerprint density at radius 3 is 2.47 bits per heavy atom. The van der Waals surface area contributed by atoms with Crippen LogP contribution in [0.3, 0.4) is 0 Å². The van der Waals surface area contributed by atoms with Crippen LogP contribution in [0.4, 0.5) is 4.79 Å². The number of likely N-dealkylation sites (N-methyl/N-ethyl adjacent to an activating group) is 1. The fourth-order valence-corrected chi connectivity index (χ4v) is 1.12. The molecule has 0 heterocycles. The number of carbonyl (C=O) groups excluding carboxylic acids is 1. The highest BCUT2D eigenvalue weighted by molar-refractivity contribution is 5.79. The van der Waals surface area contributed by atoms with Gasteiger partial charge in [0.15, 0.2) is 0 Å². The predicted molar refractivity (Wildman–Crippen MR) is 57.7 cm³/mol. The lowest BCUT2D eigenvalue weighted by molar-refractivity contribution is -0.137. The molecule has 0 aliphatic carbocycles. The summed E-state index contributed by atoms with van der Waals surface area (Å²) in [7, 11) is 1.46. The second-order valence-electron chi connectivity index (χ2n) is 4.02. The number of rotatable bonds is 6. The Kier molecular flexibility index (Phi) is 6.49. The van der Waals surface area contributed by atoms with Gasteiger partial charge >= 0.3 is 12.0 Å². The van der Waals surface area contributed by atoms with E-state index in [0.717, 1.165) is 17.7 Å². The van der Waals surface area contributed by atoms with Crippen molar-refractivity contribution in [1.82, 2.24) is 10.2 Å². The van der Waals surface area contributed by atoms with Crippen molar-refractivity contribution in [1.29, 1.82) is 0 Å². The van der Waals surface area contributed by atoms with E-state index in [0.29, 0.717) is 12.5 Å². The molecule has 5 heteroatoms. The molecule has 0 aliphatic rings. The number of hydrogen-bond donors (Lipinski definition) is 2. The summed E-state index contributed by atoms with van der Waals surface area (Å²) in [4.78, 5) is 22.7. The number of nitrogens with zero attached hydrogens (tertiary/aromatic N) is 1. The molecular formula is C10H20N2O3. The molecule has 0 saturated heterocycles. The zero-order chi connectivity index (χ0) is 11.8. The molecule has 0 aromatic rings. The molecule has 0 bridgehead atoms. The molecule has 0 radical (unpaired) electrons. The third-order valence-corrected chi connectivity index (χ3v) is 1.95. The molecule has 0 aromatic heterocycles. The Bertz CT molecular complexity index is 217. The van der Waals surface area contributed by atoms with Crippen LogP contribution in [0.2, 0.25) is 0 Å². The normalized spacial score (nSPS) is 10.1.